The largest absolute Gasteiger partial charge is 0.453 e. The lowest BCUT2D eigenvalue weighted by molar-refractivity contribution is -0.0199. The van der Waals surface area contributed by atoms with Crippen LogP contribution in [0.25, 0.3) is 0 Å². The Morgan fingerprint density at radius 3 is 2.70 bits per heavy atom. The molecule has 0 aliphatic carbocycles. The van der Waals surface area contributed by atoms with E-state index in [1.165, 1.54) is 7.11 Å². The summed E-state index contributed by atoms with van der Waals surface area (Å²) in [4.78, 5) is 10.9. The average Bonchev–Trinajstić information content (AvgIpc) is 2.42. The van der Waals surface area contributed by atoms with E-state index in [0.717, 1.165) is 11.1 Å². The Kier molecular flexibility index (Phi) is 5.53. The van der Waals surface area contributed by atoms with Crippen LogP contribution in [-0.4, -0.2) is 26.4 Å². The SMILES string of the molecule is COC(=O)NCCOC(C)(C)c1ccc(C#N)cc1C. The average molecular weight is 276 g/mol. The van der Waals surface area contributed by atoms with Gasteiger partial charge in [0.1, 0.15) is 0 Å². The van der Waals surface area contributed by atoms with E-state index in [-0.39, 0.29) is 0 Å². The second-order valence-corrected chi connectivity index (χ2v) is 4.92. The molecule has 1 aromatic rings. The Bertz CT molecular complexity index is 518. The second-order valence-electron chi connectivity index (χ2n) is 4.92. The monoisotopic (exact) mass is 276 g/mol. The van der Waals surface area contributed by atoms with E-state index in [2.05, 4.69) is 16.1 Å². The molecule has 0 heterocycles. The number of amides is 1. The van der Waals surface area contributed by atoms with Gasteiger partial charge in [0.15, 0.2) is 0 Å². The lowest BCUT2D eigenvalue weighted by atomic mass is 9.92. The third-order valence-corrected chi connectivity index (χ3v) is 3.02. The molecule has 1 rings (SSSR count). The summed E-state index contributed by atoms with van der Waals surface area (Å²) >= 11 is 0. The highest BCUT2D eigenvalue weighted by molar-refractivity contribution is 5.66. The molecule has 0 radical (unpaired) electrons. The van der Waals surface area contributed by atoms with Crippen LogP contribution in [0.4, 0.5) is 4.79 Å². The third-order valence-electron chi connectivity index (χ3n) is 3.02. The van der Waals surface area contributed by atoms with Gasteiger partial charge in [0.2, 0.25) is 0 Å². The molecule has 5 nitrogen and oxygen atoms in total. The maximum Gasteiger partial charge on any atom is 0.406 e. The van der Waals surface area contributed by atoms with Crippen LogP contribution in [0.15, 0.2) is 18.2 Å². The minimum atomic E-state index is -0.490. The first-order valence-electron chi connectivity index (χ1n) is 6.37. The molecule has 0 atom stereocenters. The number of nitrogens with zero attached hydrogens (tertiary/aromatic N) is 1. The summed E-state index contributed by atoms with van der Waals surface area (Å²) in [6.07, 6.45) is -0.471. The van der Waals surface area contributed by atoms with Crippen molar-refractivity contribution in [1.29, 1.82) is 5.26 Å². The highest BCUT2D eigenvalue weighted by Crippen LogP contribution is 2.27. The molecule has 1 aromatic carbocycles. The molecule has 1 amide bonds. The number of carbonyl (C=O) groups is 1. The quantitative estimate of drug-likeness (QED) is 0.839. The number of methoxy groups -OCH3 is 1. The number of hydrogen-bond donors (Lipinski definition) is 1. The summed E-state index contributed by atoms with van der Waals surface area (Å²) in [5.74, 6) is 0. The summed E-state index contributed by atoms with van der Waals surface area (Å²) in [7, 11) is 1.32. The molecule has 0 aromatic heterocycles. The molecular weight excluding hydrogens is 256 g/mol. The number of ether oxygens (including phenoxy) is 2. The number of alkyl carbamates (subject to hydrolysis) is 1. The van der Waals surface area contributed by atoms with Crippen molar-refractivity contribution in [2.24, 2.45) is 0 Å². The van der Waals surface area contributed by atoms with Crippen LogP contribution in [0, 0.1) is 18.3 Å². The van der Waals surface area contributed by atoms with E-state index < -0.39 is 11.7 Å². The lowest BCUT2D eigenvalue weighted by Gasteiger charge is -2.27. The van der Waals surface area contributed by atoms with Crippen molar-refractivity contribution < 1.29 is 14.3 Å². The van der Waals surface area contributed by atoms with Gasteiger partial charge in [-0.05, 0) is 44.0 Å². The van der Waals surface area contributed by atoms with E-state index in [1.54, 1.807) is 6.07 Å². The molecule has 0 unspecified atom stereocenters. The first kappa shape index (κ1) is 16.0. The van der Waals surface area contributed by atoms with Gasteiger partial charge in [-0.15, -0.1) is 0 Å². The maximum atomic E-state index is 10.9. The van der Waals surface area contributed by atoms with Crippen LogP contribution >= 0.6 is 0 Å². The zero-order valence-electron chi connectivity index (χ0n) is 12.3. The predicted octanol–water partition coefficient (Wildman–Crippen LogP) is 2.47. The lowest BCUT2D eigenvalue weighted by Crippen LogP contribution is -2.31. The van der Waals surface area contributed by atoms with Crippen molar-refractivity contribution in [1.82, 2.24) is 5.32 Å². The Hall–Kier alpha value is -2.06. The van der Waals surface area contributed by atoms with E-state index >= 15 is 0 Å². The van der Waals surface area contributed by atoms with Gasteiger partial charge in [-0.25, -0.2) is 4.79 Å². The molecule has 0 spiro atoms. The fraction of sp³-hybridized carbons (Fsp3) is 0.467. The minimum absolute atomic E-state index is 0.377. The zero-order valence-corrected chi connectivity index (χ0v) is 12.3. The van der Waals surface area contributed by atoms with Crippen molar-refractivity contribution >= 4 is 6.09 Å². The van der Waals surface area contributed by atoms with Crippen LogP contribution in [-0.2, 0) is 15.1 Å². The maximum absolute atomic E-state index is 10.9. The van der Waals surface area contributed by atoms with Crippen molar-refractivity contribution in [3.63, 3.8) is 0 Å². The van der Waals surface area contributed by atoms with Gasteiger partial charge in [-0.1, -0.05) is 6.07 Å². The van der Waals surface area contributed by atoms with Crippen LogP contribution in [0.5, 0.6) is 0 Å². The molecule has 0 fully saturated rings. The Morgan fingerprint density at radius 2 is 2.15 bits per heavy atom. The Morgan fingerprint density at radius 1 is 1.45 bits per heavy atom. The van der Waals surface area contributed by atoms with Crippen LogP contribution in [0.2, 0.25) is 0 Å². The topological polar surface area (TPSA) is 71.3 Å². The molecule has 108 valence electrons. The van der Waals surface area contributed by atoms with Gasteiger partial charge < -0.3 is 14.8 Å². The first-order valence-corrected chi connectivity index (χ1v) is 6.37. The summed E-state index contributed by atoms with van der Waals surface area (Å²) in [5.41, 5.74) is 2.18. The molecule has 1 N–H and O–H groups in total. The highest BCUT2D eigenvalue weighted by Gasteiger charge is 2.23. The number of nitriles is 1. The van der Waals surface area contributed by atoms with Crippen LogP contribution in [0.3, 0.4) is 0 Å². The molecule has 0 bridgehead atoms. The predicted molar refractivity (Wildman–Crippen MR) is 75.3 cm³/mol. The summed E-state index contributed by atoms with van der Waals surface area (Å²) in [6, 6.07) is 7.64. The van der Waals surface area contributed by atoms with Gasteiger partial charge in [-0.2, -0.15) is 5.26 Å². The Balaban J connectivity index is 2.64. The van der Waals surface area contributed by atoms with E-state index in [1.807, 2.05) is 32.9 Å². The van der Waals surface area contributed by atoms with Crippen molar-refractivity contribution in [2.45, 2.75) is 26.4 Å². The minimum Gasteiger partial charge on any atom is -0.453 e. The standard InChI is InChI=1S/C15H20N2O3/c1-11-9-12(10-16)5-6-13(11)15(2,3)20-8-7-17-14(18)19-4/h5-6,9H,7-8H2,1-4H3,(H,17,18). The number of carbonyl (C=O) groups excluding carboxylic acids is 1. The molecule has 0 aliphatic rings. The molecule has 0 saturated heterocycles. The summed E-state index contributed by atoms with van der Waals surface area (Å²) < 4.78 is 10.3. The highest BCUT2D eigenvalue weighted by atomic mass is 16.5. The van der Waals surface area contributed by atoms with Crippen molar-refractivity contribution in [2.75, 3.05) is 20.3 Å². The van der Waals surface area contributed by atoms with E-state index in [9.17, 15) is 4.79 Å². The summed E-state index contributed by atoms with van der Waals surface area (Å²) in [6.45, 7) is 6.62. The van der Waals surface area contributed by atoms with E-state index in [0.29, 0.717) is 18.7 Å². The second kappa shape index (κ2) is 6.92. The fourth-order valence-electron chi connectivity index (χ4n) is 2.02. The molecule has 20 heavy (non-hydrogen) atoms. The number of nitrogens with one attached hydrogen (secondary N) is 1. The summed E-state index contributed by atoms with van der Waals surface area (Å²) in [5, 5.41) is 11.4. The fourth-order valence-corrected chi connectivity index (χ4v) is 2.02. The van der Waals surface area contributed by atoms with Gasteiger partial charge in [0, 0.05) is 6.54 Å². The van der Waals surface area contributed by atoms with E-state index in [4.69, 9.17) is 10.00 Å². The number of hydrogen-bond acceptors (Lipinski definition) is 4. The van der Waals surface area contributed by atoms with Crippen molar-refractivity contribution in [3.8, 4) is 6.07 Å². The van der Waals surface area contributed by atoms with Gasteiger partial charge in [-0.3, -0.25) is 0 Å². The number of rotatable bonds is 5. The van der Waals surface area contributed by atoms with Gasteiger partial charge in [0.05, 0.1) is 31.0 Å². The smallest absolute Gasteiger partial charge is 0.406 e. The van der Waals surface area contributed by atoms with Crippen LogP contribution < -0.4 is 5.32 Å². The zero-order chi connectivity index (χ0) is 15.2. The third kappa shape index (κ3) is 4.25. The Labute approximate surface area is 119 Å². The molecule has 0 saturated carbocycles. The molecular formula is C15H20N2O3. The van der Waals surface area contributed by atoms with Crippen LogP contribution in [0.1, 0.15) is 30.5 Å². The van der Waals surface area contributed by atoms with Crippen molar-refractivity contribution in [3.05, 3.63) is 34.9 Å². The molecule has 0 aliphatic heterocycles. The van der Waals surface area contributed by atoms with Gasteiger partial charge >= 0.3 is 6.09 Å². The van der Waals surface area contributed by atoms with Gasteiger partial charge in [0.25, 0.3) is 0 Å². The first-order chi connectivity index (χ1) is 9.40. The number of benzene rings is 1. The number of aryl methyl sites for hydroxylation is 1. The molecule has 5 heteroatoms. The normalized spacial score (nSPS) is 10.8.